The van der Waals surface area contributed by atoms with Crippen molar-refractivity contribution >= 4 is 5.91 Å². The van der Waals surface area contributed by atoms with E-state index in [1.165, 1.54) is 0 Å². The molecule has 0 aromatic carbocycles. The monoisotopic (exact) mass is 157 g/mol. The molecule has 0 aliphatic heterocycles. The summed E-state index contributed by atoms with van der Waals surface area (Å²) in [5.74, 6) is 0.105. The molecule has 0 aliphatic carbocycles. The maximum absolute atomic E-state index is 10.5. The fourth-order valence-corrected chi connectivity index (χ4v) is 0.506. The molecule has 0 bridgehead atoms. The number of amides is 1. The molecule has 11 heavy (non-hydrogen) atoms. The fourth-order valence-electron chi connectivity index (χ4n) is 0.506. The van der Waals surface area contributed by atoms with Gasteiger partial charge in [0, 0.05) is 13.5 Å². The number of hydrogen-bond acceptors (Lipinski definition) is 1. The van der Waals surface area contributed by atoms with Crippen molar-refractivity contribution in [3.05, 3.63) is 12.2 Å². The van der Waals surface area contributed by atoms with Crippen molar-refractivity contribution in [2.24, 2.45) is 0 Å². The number of rotatable bonds is 3. The number of allylic oxidation sites excluding steroid dienone is 2. The van der Waals surface area contributed by atoms with Gasteiger partial charge in [-0.05, 0) is 13.3 Å². The smallest absolute Gasteiger partial charge is 0.220 e. The second-order valence-electron chi connectivity index (χ2n) is 1.78. The third kappa shape index (κ3) is 12.4. The first-order valence-electron chi connectivity index (χ1n) is 4.13. The van der Waals surface area contributed by atoms with Gasteiger partial charge in [0.2, 0.25) is 5.91 Å². The van der Waals surface area contributed by atoms with Crippen LogP contribution in [0.3, 0.4) is 0 Å². The first-order valence-corrected chi connectivity index (χ1v) is 4.13. The average Bonchev–Trinajstić information content (AvgIpc) is 2.08. The lowest BCUT2D eigenvalue weighted by Crippen LogP contribution is -2.16. The standard InChI is InChI=1S/C7H13NO.C2H6/c1-3-4-5-6-7(9)8-2;1-2/h3-4H,5-6H2,1-2H3,(H,8,9);1-2H3/b4-3+;. The summed E-state index contributed by atoms with van der Waals surface area (Å²) < 4.78 is 0. The van der Waals surface area contributed by atoms with Crippen LogP contribution in [-0.2, 0) is 4.79 Å². The van der Waals surface area contributed by atoms with Crippen LogP contribution in [0.5, 0.6) is 0 Å². The van der Waals surface area contributed by atoms with Crippen LogP contribution in [0, 0.1) is 0 Å². The topological polar surface area (TPSA) is 29.1 Å². The first-order chi connectivity index (χ1) is 5.31. The molecule has 0 aromatic heterocycles. The summed E-state index contributed by atoms with van der Waals surface area (Å²) in [4.78, 5) is 10.5. The molecule has 1 N–H and O–H groups in total. The van der Waals surface area contributed by atoms with Gasteiger partial charge in [0.1, 0.15) is 0 Å². The summed E-state index contributed by atoms with van der Waals surface area (Å²) in [6.45, 7) is 5.95. The molecule has 1 amide bonds. The fraction of sp³-hybridized carbons (Fsp3) is 0.667. The molecule has 66 valence electrons. The van der Waals surface area contributed by atoms with Crippen molar-refractivity contribution in [3.63, 3.8) is 0 Å². The molecule has 0 aromatic rings. The van der Waals surface area contributed by atoms with Gasteiger partial charge in [-0.15, -0.1) is 0 Å². The van der Waals surface area contributed by atoms with Gasteiger partial charge >= 0.3 is 0 Å². The molecule has 0 unspecified atom stereocenters. The Hall–Kier alpha value is -0.790. The molecule has 0 rings (SSSR count). The first kappa shape index (κ1) is 12.8. The van der Waals surface area contributed by atoms with Gasteiger partial charge in [0.25, 0.3) is 0 Å². The highest BCUT2D eigenvalue weighted by molar-refractivity contribution is 5.75. The highest BCUT2D eigenvalue weighted by Gasteiger charge is 1.91. The van der Waals surface area contributed by atoms with E-state index >= 15 is 0 Å². The van der Waals surface area contributed by atoms with Crippen molar-refractivity contribution in [3.8, 4) is 0 Å². The second-order valence-corrected chi connectivity index (χ2v) is 1.78. The lowest BCUT2D eigenvalue weighted by molar-refractivity contribution is -0.120. The minimum Gasteiger partial charge on any atom is -0.359 e. The van der Waals surface area contributed by atoms with Crippen LogP contribution in [0.2, 0.25) is 0 Å². The van der Waals surface area contributed by atoms with Crippen molar-refractivity contribution in [1.29, 1.82) is 0 Å². The third-order valence-corrected chi connectivity index (χ3v) is 1.05. The van der Waals surface area contributed by atoms with Gasteiger partial charge in [0.05, 0.1) is 0 Å². The molecule has 0 spiro atoms. The Kier molecular flexibility index (Phi) is 13.9. The Labute approximate surface area is 69.7 Å². The van der Waals surface area contributed by atoms with Gasteiger partial charge in [-0.25, -0.2) is 0 Å². The molecule has 2 nitrogen and oxygen atoms in total. The molecule has 0 radical (unpaired) electrons. The van der Waals surface area contributed by atoms with E-state index in [1.54, 1.807) is 7.05 Å². The molecule has 2 heteroatoms. The predicted octanol–water partition coefficient (Wildman–Crippen LogP) is 2.11. The zero-order valence-corrected chi connectivity index (χ0v) is 7.98. The molecule has 0 atom stereocenters. The Balaban J connectivity index is 0. The normalized spacial score (nSPS) is 8.73. The summed E-state index contributed by atoms with van der Waals surface area (Å²) in [6, 6.07) is 0. The van der Waals surface area contributed by atoms with Crippen LogP contribution in [-0.4, -0.2) is 13.0 Å². The van der Waals surface area contributed by atoms with Crippen molar-refractivity contribution in [2.75, 3.05) is 7.05 Å². The zero-order chi connectivity index (χ0) is 9.11. The van der Waals surface area contributed by atoms with Gasteiger partial charge in [-0.1, -0.05) is 26.0 Å². The van der Waals surface area contributed by atoms with E-state index in [0.717, 1.165) is 6.42 Å². The van der Waals surface area contributed by atoms with E-state index in [1.807, 2.05) is 32.9 Å². The van der Waals surface area contributed by atoms with Gasteiger partial charge in [-0.3, -0.25) is 4.79 Å². The van der Waals surface area contributed by atoms with E-state index in [2.05, 4.69) is 5.32 Å². The molecule has 0 saturated heterocycles. The molecular formula is C9H19NO. The van der Waals surface area contributed by atoms with Crippen LogP contribution < -0.4 is 5.32 Å². The lowest BCUT2D eigenvalue weighted by atomic mass is 10.3. The number of hydrogen-bond donors (Lipinski definition) is 1. The molecule has 0 saturated carbocycles. The minimum atomic E-state index is 0.105. The highest BCUT2D eigenvalue weighted by Crippen LogP contribution is 1.88. The highest BCUT2D eigenvalue weighted by atomic mass is 16.1. The summed E-state index contributed by atoms with van der Waals surface area (Å²) in [7, 11) is 1.65. The van der Waals surface area contributed by atoms with E-state index in [4.69, 9.17) is 0 Å². The minimum absolute atomic E-state index is 0.105. The van der Waals surface area contributed by atoms with Gasteiger partial charge < -0.3 is 5.32 Å². The van der Waals surface area contributed by atoms with E-state index in [0.29, 0.717) is 6.42 Å². The van der Waals surface area contributed by atoms with Crippen molar-refractivity contribution in [2.45, 2.75) is 33.6 Å². The third-order valence-electron chi connectivity index (χ3n) is 1.05. The van der Waals surface area contributed by atoms with Crippen molar-refractivity contribution in [1.82, 2.24) is 5.32 Å². The SMILES string of the molecule is C/C=C/CCC(=O)NC.CC. The molecule has 0 heterocycles. The Bertz CT molecular complexity index is 108. The Morgan fingerprint density at radius 3 is 2.36 bits per heavy atom. The summed E-state index contributed by atoms with van der Waals surface area (Å²) >= 11 is 0. The summed E-state index contributed by atoms with van der Waals surface area (Å²) in [5.41, 5.74) is 0. The van der Waals surface area contributed by atoms with Crippen LogP contribution in [0.15, 0.2) is 12.2 Å². The molecule has 0 aliphatic rings. The van der Waals surface area contributed by atoms with E-state index < -0.39 is 0 Å². The van der Waals surface area contributed by atoms with Crippen LogP contribution in [0.1, 0.15) is 33.6 Å². The molecule has 0 fully saturated rings. The van der Waals surface area contributed by atoms with Gasteiger partial charge in [-0.2, -0.15) is 0 Å². The molecular weight excluding hydrogens is 138 g/mol. The van der Waals surface area contributed by atoms with Crippen LogP contribution >= 0.6 is 0 Å². The second kappa shape index (κ2) is 11.9. The summed E-state index contributed by atoms with van der Waals surface area (Å²) in [6.07, 6.45) is 5.37. The average molecular weight is 157 g/mol. The maximum Gasteiger partial charge on any atom is 0.220 e. The lowest BCUT2D eigenvalue weighted by Gasteiger charge is -1.92. The predicted molar refractivity (Wildman–Crippen MR) is 49.5 cm³/mol. The van der Waals surface area contributed by atoms with Gasteiger partial charge in [0.15, 0.2) is 0 Å². The number of carbonyl (C=O) groups excluding carboxylic acids is 1. The van der Waals surface area contributed by atoms with E-state index in [9.17, 15) is 4.79 Å². The van der Waals surface area contributed by atoms with Crippen LogP contribution in [0.25, 0.3) is 0 Å². The Morgan fingerprint density at radius 2 is 2.00 bits per heavy atom. The van der Waals surface area contributed by atoms with E-state index in [-0.39, 0.29) is 5.91 Å². The number of nitrogens with one attached hydrogen (secondary N) is 1. The van der Waals surface area contributed by atoms with Crippen molar-refractivity contribution < 1.29 is 4.79 Å². The van der Waals surface area contributed by atoms with Crippen LogP contribution in [0.4, 0.5) is 0 Å². The summed E-state index contributed by atoms with van der Waals surface area (Å²) in [5, 5.41) is 2.55. The zero-order valence-electron chi connectivity index (χ0n) is 7.98. The quantitative estimate of drug-likeness (QED) is 0.625. The Morgan fingerprint density at radius 1 is 1.45 bits per heavy atom. The largest absolute Gasteiger partial charge is 0.359 e. The number of carbonyl (C=O) groups is 1. The maximum atomic E-state index is 10.5.